The Hall–Kier alpha value is -1.67. The van der Waals surface area contributed by atoms with Crippen LogP contribution in [0.25, 0.3) is 10.2 Å². The maximum Gasteiger partial charge on any atom is 0.309 e. The normalized spacial score (nSPS) is 12.5. The van der Waals surface area contributed by atoms with Crippen molar-refractivity contribution in [2.24, 2.45) is 5.92 Å². The van der Waals surface area contributed by atoms with E-state index in [9.17, 15) is 14.9 Å². The molecule has 0 spiro atoms. The molecule has 1 unspecified atom stereocenters. The first kappa shape index (κ1) is 13.8. The summed E-state index contributed by atoms with van der Waals surface area (Å²) in [6, 6.07) is 3.42. The summed E-state index contributed by atoms with van der Waals surface area (Å²) < 4.78 is 0.752. The minimum Gasteiger partial charge on any atom is -0.481 e. The first-order chi connectivity index (χ1) is 9.00. The van der Waals surface area contributed by atoms with Gasteiger partial charge in [-0.05, 0) is 12.1 Å². The molecule has 0 fully saturated rings. The third-order valence-electron chi connectivity index (χ3n) is 2.53. The topological polar surface area (TPSA) is 93.3 Å². The van der Waals surface area contributed by atoms with E-state index in [0.29, 0.717) is 10.4 Å². The molecule has 6 nitrogen and oxygen atoms in total. The number of rotatable bonds is 5. The summed E-state index contributed by atoms with van der Waals surface area (Å²) in [5.74, 6) is -1.19. The van der Waals surface area contributed by atoms with Crippen LogP contribution in [0.5, 0.6) is 0 Å². The number of carbonyl (C=O) groups is 1. The van der Waals surface area contributed by atoms with Crippen molar-refractivity contribution < 1.29 is 14.8 Å². The van der Waals surface area contributed by atoms with Crippen molar-refractivity contribution in [1.82, 2.24) is 4.98 Å². The molecule has 19 heavy (non-hydrogen) atoms. The van der Waals surface area contributed by atoms with Crippen molar-refractivity contribution >= 4 is 45.0 Å². The van der Waals surface area contributed by atoms with Gasteiger partial charge in [0.1, 0.15) is 0 Å². The second kappa shape index (κ2) is 5.54. The predicted molar refractivity (Wildman–Crippen MR) is 73.8 cm³/mol. The van der Waals surface area contributed by atoms with Crippen molar-refractivity contribution in [3.8, 4) is 0 Å². The lowest BCUT2D eigenvalue weighted by molar-refractivity contribution is -0.386. The van der Waals surface area contributed by atoms with E-state index in [1.165, 1.54) is 23.1 Å². The van der Waals surface area contributed by atoms with Crippen molar-refractivity contribution in [3.63, 3.8) is 0 Å². The number of carboxylic acids is 1. The van der Waals surface area contributed by atoms with E-state index < -0.39 is 16.8 Å². The van der Waals surface area contributed by atoms with Gasteiger partial charge in [-0.1, -0.05) is 6.92 Å². The summed E-state index contributed by atoms with van der Waals surface area (Å²) in [6.45, 7) is 1.57. The summed E-state index contributed by atoms with van der Waals surface area (Å²) >= 11 is 2.51. The molecule has 0 saturated heterocycles. The Labute approximate surface area is 116 Å². The third kappa shape index (κ3) is 2.85. The number of aromatic nitrogens is 1. The van der Waals surface area contributed by atoms with Crippen molar-refractivity contribution in [3.05, 3.63) is 27.8 Å². The fourth-order valence-corrected chi connectivity index (χ4v) is 3.20. The standard InChI is InChI=1S/C11H10N2O4S2/c1-6(11(14)15)4-18-8-3-2-7-9(12-5-19-7)10(8)13(16)17/h2-3,5-6H,4H2,1H3,(H,14,15). The zero-order chi connectivity index (χ0) is 14.0. The van der Waals surface area contributed by atoms with Gasteiger partial charge < -0.3 is 5.11 Å². The molecule has 1 heterocycles. The van der Waals surface area contributed by atoms with Gasteiger partial charge in [0.25, 0.3) is 0 Å². The molecule has 1 aromatic heterocycles. The fourth-order valence-electron chi connectivity index (χ4n) is 1.48. The zero-order valence-electron chi connectivity index (χ0n) is 9.90. The number of nitrogens with zero attached hydrogens (tertiary/aromatic N) is 2. The Balaban J connectivity index is 2.34. The summed E-state index contributed by atoms with van der Waals surface area (Å²) in [5, 5.41) is 20.0. The molecular formula is C11H10N2O4S2. The van der Waals surface area contributed by atoms with Gasteiger partial charge >= 0.3 is 11.7 Å². The average Bonchev–Trinajstić information content (AvgIpc) is 2.82. The van der Waals surface area contributed by atoms with Crippen LogP contribution in [0, 0.1) is 16.0 Å². The number of nitro groups is 1. The molecule has 0 aliphatic rings. The van der Waals surface area contributed by atoms with Crippen molar-refractivity contribution in [2.75, 3.05) is 5.75 Å². The van der Waals surface area contributed by atoms with Crippen LogP contribution in [-0.4, -0.2) is 26.7 Å². The van der Waals surface area contributed by atoms with E-state index in [4.69, 9.17) is 5.11 Å². The van der Waals surface area contributed by atoms with Crippen LogP contribution < -0.4 is 0 Å². The van der Waals surface area contributed by atoms with Crippen molar-refractivity contribution in [2.45, 2.75) is 11.8 Å². The lowest BCUT2D eigenvalue weighted by Gasteiger charge is -2.06. The minimum absolute atomic E-state index is 0.0404. The quantitative estimate of drug-likeness (QED) is 0.518. The van der Waals surface area contributed by atoms with Crippen LogP contribution in [0.1, 0.15) is 6.92 Å². The summed E-state index contributed by atoms with van der Waals surface area (Å²) in [6.07, 6.45) is 0. The zero-order valence-corrected chi connectivity index (χ0v) is 11.5. The minimum atomic E-state index is -0.912. The number of nitro benzene ring substituents is 1. The van der Waals surface area contributed by atoms with E-state index in [1.54, 1.807) is 24.6 Å². The highest BCUT2D eigenvalue weighted by atomic mass is 32.2. The summed E-state index contributed by atoms with van der Waals surface area (Å²) in [7, 11) is 0. The molecule has 0 amide bonds. The van der Waals surface area contributed by atoms with Gasteiger partial charge in [0.2, 0.25) is 0 Å². The molecule has 0 aliphatic carbocycles. The molecule has 1 N–H and O–H groups in total. The van der Waals surface area contributed by atoms with E-state index in [-0.39, 0.29) is 11.4 Å². The van der Waals surface area contributed by atoms with Crippen LogP contribution in [0.4, 0.5) is 5.69 Å². The second-order valence-corrected chi connectivity index (χ2v) is 5.87. The van der Waals surface area contributed by atoms with Crippen LogP contribution in [0.15, 0.2) is 22.5 Å². The Morgan fingerprint density at radius 2 is 2.37 bits per heavy atom. The van der Waals surface area contributed by atoms with Gasteiger partial charge in [-0.25, -0.2) is 4.98 Å². The van der Waals surface area contributed by atoms with Crippen LogP contribution >= 0.6 is 23.1 Å². The van der Waals surface area contributed by atoms with E-state index >= 15 is 0 Å². The first-order valence-electron chi connectivity index (χ1n) is 5.37. The molecule has 8 heteroatoms. The number of aliphatic carboxylic acids is 1. The smallest absolute Gasteiger partial charge is 0.309 e. The Bertz CT molecular complexity index is 641. The second-order valence-electron chi connectivity index (χ2n) is 3.92. The number of fused-ring (bicyclic) bond motifs is 1. The molecule has 100 valence electrons. The molecule has 0 saturated carbocycles. The molecule has 2 rings (SSSR count). The SMILES string of the molecule is CC(CSc1ccc2scnc2c1[N+](=O)[O-])C(=O)O. The van der Waals surface area contributed by atoms with Gasteiger partial charge in [-0.15, -0.1) is 23.1 Å². The molecule has 1 aromatic carbocycles. The Kier molecular flexibility index (Phi) is 4.01. The number of thiazole rings is 1. The summed E-state index contributed by atoms with van der Waals surface area (Å²) in [4.78, 5) is 25.9. The molecule has 2 aromatic rings. The number of hydrogen-bond donors (Lipinski definition) is 1. The average molecular weight is 298 g/mol. The molecule has 1 atom stereocenters. The van der Waals surface area contributed by atoms with Crippen LogP contribution in [0.2, 0.25) is 0 Å². The van der Waals surface area contributed by atoms with Crippen LogP contribution in [0.3, 0.4) is 0 Å². The highest BCUT2D eigenvalue weighted by Gasteiger charge is 2.22. The Morgan fingerprint density at radius 3 is 3.00 bits per heavy atom. The number of benzene rings is 1. The van der Waals surface area contributed by atoms with E-state index in [2.05, 4.69) is 4.98 Å². The van der Waals surface area contributed by atoms with Crippen LogP contribution in [-0.2, 0) is 4.79 Å². The number of thioether (sulfide) groups is 1. The van der Waals surface area contributed by atoms with Gasteiger partial charge in [-0.3, -0.25) is 14.9 Å². The fraction of sp³-hybridized carbons (Fsp3) is 0.273. The number of carboxylic acid groups (broad SMARTS) is 1. The van der Waals surface area contributed by atoms with Gasteiger partial charge in [0, 0.05) is 5.75 Å². The lowest BCUT2D eigenvalue weighted by atomic mass is 10.2. The highest BCUT2D eigenvalue weighted by Crippen LogP contribution is 2.37. The largest absolute Gasteiger partial charge is 0.481 e. The first-order valence-corrected chi connectivity index (χ1v) is 7.23. The third-order valence-corrected chi connectivity index (χ3v) is 4.63. The molecule has 0 aliphatic heterocycles. The van der Waals surface area contributed by atoms with Gasteiger partial charge in [0.15, 0.2) is 5.52 Å². The highest BCUT2D eigenvalue weighted by molar-refractivity contribution is 7.99. The molecule has 0 bridgehead atoms. The monoisotopic (exact) mass is 298 g/mol. The number of hydrogen-bond acceptors (Lipinski definition) is 6. The molecule has 0 radical (unpaired) electrons. The summed E-state index contributed by atoms with van der Waals surface area (Å²) in [5.41, 5.74) is 1.88. The maximum atomic E-state index is 11.2. The molecular weight excluding hydrogens is 288 g/mol. The van der Waals surface area contributed by atoms with E-state index in [1.807, 2.05) is 0 Å². The maximum absolute atomic E-state index is 11.2. The van der Waals surface area contributed by atoms with Gasteiger partial charge in [-0.2, -0.15) is 0 Å². The lowest BCUT2D eigenvalue weighted by Crippen LogP contribution is -2.11. The van der Waals surface area contributed by atoms with Gasteiger partial charge in [0.05, 0.1) is 25.9 Å². The predicted octanol–water partition coefficient (Wildman–Crippen LogP) is 3.02. The van der Waals surface area contributed by atoms with E-state index in [0.717, 1.165) is 4.70 Å². The Morgan fingerprint density at radius 1 is 1.63 bits per heavy atom. The van der Waals surface area contributed by atoms with Crippen molar-refractivity contribution in [1.29, 1.82) is 0 Å².